The molecule has 0 unspecified atom stereocenters. The van der Waals surface area contributed by atoms with Gasteiger partial charge in [0.1, 0.15) is 24.5 Å². The number of phenols is 1. The van der Waals surface area contributed by atoms with Crippen LogP contribution in [0, 0.1) is 11.3 Å². The molecule has 4 N–H and O–H groups in total. The molecule has 0 fully saturated rings. The number of nitrogens with two attached hydrogens (primary N) is 1. The number of hydrogen-bond donors (Lipinski definition) is 3. The second-order valence-electron chi connectivity index (χ2n) is 3.37. The Bertz CT molecular complexity index is 474. The Balaban J connectivity index is 3.37. The molecule has 0 aromatic heterocycles. The Morgan fingerprint density at radius 2 is 2.12 bits per heavy atom. The number of nitriles is 1. The van der Waals surface area contributed by atoms with Crippen LogP contribution in [0.25, 0.3) is 0 Å². The van der Waals surface area contributed by atoms with E-state index in [1.165, 1.54) is 12.1 Å². The molecule has 0 radical (unpaired) electrons. The Hall–Kier alpha value is -1.23. The molecule has 0 bridgehead atoms. The van der Waals surface area contributed by atoms with Crippen LogP contribution >= 0.6 is 15.9 Å². The zero-order valence-corrected chi connectivity index (χ0v) is 10.1. The van der Waals surface area contributed by atoms with Crippen molar-refractivity contribution in [1.29, 1.82) is 5.26 Å². The van der Waals surface area contributed by atoms with Crippen LogP contribution in [0.2, 0.25) is 0 Å². The number of nitrogens with zero attached hydrogens (tertiary/aromatic N) is 1. The van der Waals surface area contributed by atoms with E-state index >= 15 is 0 Å². The summed E-state index contributed by atoms with van der Waals surface area (Å²) >= 11 is 2.97. The van der Waals surface area contributed by atoms with E-state index in [9.17, 15) is 13.9 Å². The van der Waals surface area contributed by atoms with Gasteiger partial charge >= 0.3 is 0 Å². The van der Waals surface area contributed by atoms with Gasteiger partial charge in [0.15, 0.2) is 0 Å². The van der Waals surface area contributed by atoms with Gasteiger partial charge in [-0.3, -0.25) is 0 Å². The average Bonchev–Trinajstić information content (AvgIpc) is 2.29. The quantitative estimate of drug-likeness (QED) is 0.792. The zero-order chi connectivity index (χ0) is 13.2. The van der Waals surface area contributed by atoms with Gasteiger partial charge in [-0.05, 0) is 12.1 Å². The molecule has 4 nitrogen and oxygen atoms in total. The van der Waals surface area contributed by atoms with Crippen LogP contribution in [0.15, 0.2) is 16.6 Å². The molecule has 0 heterocycles. The molecule has 0 aliphatic carbocycles. The van der Waals surface area contributed by atoms with Crippen molar-refractivity contribution in [2.75, 3.05) is 6.61 Å². The third kappa shape index (κ3) is 2.54. The van der Waals surface area contributed by atoms with E-state index in [4.69, 9.17) is 16.1 Å². The number of benzene rings is 1. The fourth-order valence-corrected chi connectivity index (χ4v) is 1.85. The Labute approximate surface area is 104 Å². The van der Waals surface area contributed by atoms with Crippen molar-refractivity contribution >= 4 is 15.9 Å². The van der Waals surface area contributed by atoms with Crippen molar-refractivity contribution in [1.82, 2.24) is 0 Å². The molecule has 1 aromatic carbocycles. The van der Waals surface area contributed by atoms with Crippen molar-refractivity contribution < 1.29 is 19.0 Å². The fourth-order valence-electron chi connectivity index (χ4n) is 1.28. The van der Waals surface area contributed by atoms with Gasteiger partial charge in [0.05, 0.1) is 5.56 Å². The molecule has 0 spiro atoms. The van der Waals surface area contributed by atoms with Gasteiger partial charge in [0, 0.05) is 10.0 Å². The molecule has 0 amide bonds. The van der Waals surface area contributed by atoms with Crippen molar-refractivity contribution in [3.63, 3.8) is 0 Å². The smallest absolute Gasteiger partial charge is 0.289 e. The summed E-state index contributed by atoms with van der Waals surface area (Å²) in [6.07, 6.45) is 0. The molecule has 92 valence electrons. The molecule has 1 atom stereocenters. The molecule has 0 aliphatic heterocycles. The second kappa shape index (κ2) is 4.96. The van der Waals surface area contributed by atoms with E-state index in [-0.39, 0.29) is 15.6 Å². The maximum atomic E-state index is 13.2. The summed E-state index contributed by atoms with van der Waals surface area (Å²) in [7, 11) is 0. The Kier molecular flexibility index (Phi) is 4.03. The van der Waals surface area contributed by atoms with E-state index < -0.39 is 24.3 Å². The highest BCUT2D eigenvalue weighted by atomic mass is 79.9. The average molecular weight is 307 g/mol. The van der Waals surface area contributed by atoms with Gasteiger partial charge < -0.3 is 15.9 Å². The number of aliphatic hydroxyl groups is 1. The molecular weight excluding hydrogens is 298 g/mol. The lowest BCUT2D eigenvalue weighted by Gasteiger charge is -2.23. The van der Waals surface area contributed by atoms with E-state index in [1.807, 2.05) is 0 Å². The highest BCUT2D eigenvalue weighted by Crippen LogP contribution is 2.39. The fraction of sp³-hybridized carbons (Fsp3) is 0.300. The first kappa shape index (κ1) is 13.8. The van der Waals surface area contributed by atoms with Gasteiger partial charge in [-0.15, -0.1) is 0 Å². The number of halogens is 3. The van der Waals surface area contributed by atoms with Gasteiger partial charge in [0.25, 0.3) is 5.92 Å². The largest absolute Gasteiger partial charge is 0.506 e. The van der Waals surface area contributed by atoms with Gasteiger partial charge in [-0.25, -0.2) is 8.78 Å². The van der Waals surface area contributed by atoms with Crippen molar-refractivity contribution in [3.05, 3.63) is 27.7 Å². The first-order valence-electron chi connectivity index (χ1n) is 4.51. The molecule has 0 saturated heterocycles. The van der Waals surface area contributed by atoms with Crippen LogP contribution in [0.1, 0.15) is 17.2 Å². The first-order chi connectivity index (χ1) is 7.85. The topological polar surface area (TPSA) is 90.3 Å². The molecule has 1 aromatic rings. The summed E-state index contributed by atoms with van der Waals surface area (Å²) in [6.45, 7) is -1.45. The third-order valence-electron chi connectivity index (χ3n) is 2.26. The summed E-state index contributed by atoms with van der Waals surface area (Å²) in [5, 5.41) is 26.9. The third-order valence-corrected chi connectivity index (χ3v) is 2.95. The van der Waals surface area contributed by atoms with Gasteiger partial charge in [-0.2, -0.15) is 5.26 Å². The summed E-state index contributed by atoms with van der Waals surface area (Å²) < 4.78 is 26.6. The molecule has 7 heteroatoms. The Morgan fingerprint density at radius 1 is 1.53 bits per heavy atom. The van der Waals surface area contributed by atoms with E-state index in [0.717, 1.165) is 0 Å². The van der Waals surface area contributed by atoms with E-state index in [1.54, 1.807) is 6.07 Å². The minimum absolute atomic E-state index is 0.148. The van der Waals surface area contributed by atoms with Gasteiger partial charge in [0.2, 0.25) is 0 Å². The zero-order valence-electron chi connectivity index (χ0n) is 8.49. The maximum absolute atomic E-state index is 13.2. The molecule has 0 saturated carbocycles. The Morgan fingerprint density at radius 3 is 2.59 bits per heavy atom. The number of alkyl halides is 2. The van der Waals surface area contributed by atoms with Gasteiger partial charge in [-0.1, -0.05) is 15.9 Å². The molecular formula is C10H9BrF2N2O2. The molecule has 17 heavy (non-hydrogen) atoms. The van der Waals surface area contributed by atoms with E-state index in [2.05, 4.69) is 15.9 Å². The van der Waals surface area contributed by atoms with Crippen LogP contribution in [-0.4, -0.2) is 22.7 Å². The van der Waals surface area contributed by atoms with E-state index in [0.29, 0.717) is 0 Å². The normalized spacial score (nSPS) is 13.2. The number of rotatable bonds is 3. The highest BCUT2D eigenvalue weighted by Gasteiger charge is 2.40. The SMILES string of the molecule is N#Cc1ccc(Br)c([C@H](N)C(F)(F)CO)c1O. The van der Waals surface area contributed by atoms with Crippen molar-refractivity contribution in [3.8, 4) is 11.8 Å². The predicted octanol–water partition coefficient (Wildman–Crippen LogP) is 1.65. The number of aromatic hydroxyl groups is 1. The standard InChI is InChI=1S/C10H9BrF2N2O2/c11-6-2-1-5(3-14)8(17)7(6)9(15)10(12,13)4-16/h1-2,9,16-17H,4,15H2/t9-/m0/s1. The van der Waals surface area contributed by atoms with Crippen LogP contribution in [0.3, 0.4) is 0 Å². The number of phenolic OH excluding ortho intramolecular Hbond substituents is 1. The summed E-state index contributed by atoms with van der Waals surface area (Å²) in [5.74, 6) is -4.20. The maximum Gasteiger partial charge on any atom is 0.289 e. The number of hydrogen-bond acceptors (Lipinski definition) is 4. The van der Waals surface area contributed by atoms with Crippen molar-refractivity contribution in [2.45, 2.75) is 12.0 Å². The summed E-state index contributed by atoms with van der Waals surface area (Å²) in [5.41, 5.74) is 4.84. The lowest BCUT2D eigenvalue weighted by molar-refractivity contribution is -0.0717. The van der Waals surface area contributed by atoms with Crippen molar-refractivity contribution in [2.24, 2.45) is 5.73 Å². The second-order valence-corrected chi connectivity index (χ2v) is 4.22. The summed E-state index contributed by atoms with van der Waals surface area (Å²) in [6, 6.07) is 2.35. The van der Waals surface area contributed by atoms with Crippen LogP contribution < -0.4 is 5.73 Å². The minimum Gasteiger partial charge on any atom is -0.506 e. The molecule has 1 rings (SSSR count). The lowest BCUT2D eigenvalue weighted by atomic mass is 9.98. The summed E-state index contributed by atoms with van der Waals surface area (Å²) in [4.78, 5) is 0. The monoisotopic (exact) mass is 306 g/mol. The lowest BCUT2D eigenvalue weighted by Crippen LogP contribution is -2.36. The predicted molar refractivity (Wildman–Crippen MR) is 59.5 cm³/mol. The minimum atomic E-state index is -3.59. The highest BCUT2D eigenvalue weighted by molar-refractivity contribution is 9.10. The first-order valence-corrected chi connectivity index (χ1v) is 5.30. The van der Waals surface area contributed by atoms with Crippen LogP contribution in [0.5, 0.6) is 5.75 Å². The number of aliphatic hydroxyl groups excluding tert-OH is 1. The van der Waals surface area contributed by atoms with Crippen LogP contribution in [-0.2, 0) is 0 Å². The van der Waals surface area contributed by atoms with Crippen LogP contribution in [0.4, 0.5) is 8.78 Å². The molecule has 0 aliphatic rings.